The van der Waals surface area contributed by atoms with Crippen LogP contribution in [0.3, 0.4) is 0 Å². The molecule has 2 heterocycles. The standard InChI is InChI=1S/C52H35N3/c1-3-15-36(16-4-1)38-18-13-21-42(35-38)53(49-27-14-28-50-51(49)46-24-10-12-26-48(46)54(50)39-19-5-2-6-20-39)40-30-32-41(33-31-40)55-47-25-11-9-23-44(47)45-34-29-37-17-7-8-22-43(37)52(45)55/h1-35H. The summed E-state index contributed by atoms with van der Waals surface area (Å²) in [4.78, 5) is 2.43. The zero-order valence-electron chi connectivity index (χ0n) is 30.0. The van der Waals surface area contributed by atoms with E-state index < -0.39 is 0 Å². The molecule has 11 aromatic rings. The van der Waals surface area contributed by atoms with Gasteiger partial charge in [0, 0.05) is 49.7 Å². The third-order valence-corrected chi connectivity index (χ3v) is 11.1. The summed E-state index contributed by atoms with van der Waals surface area (Å²) in [6, 6.07) is 76.9. The molecule has 0 bridgehead atoms. The van der Waals surface area contributed by atoms with Gasteiger partial charge in [-0.1, -0.05) is 140 Å². The molecule has 0 aliphatic rings. The number of hydrogen-bond donors (Lipinski definition) is 0. The summed E-state index contributed by atoms with van der Waals surface area (Å²) in [7, 11) is 0. The van der Waals surface area contributed by atoms with E-state index in [0.717, 1.165) is 28.4 Å². The maximum Gasteiger partial charge on any atom is 0.0619 e. The third kappa shape index (κ3) is 4.98. The SMILES string of the molecule is c1ccc(-c2cccc(N(c3ccc(-n4c5ccccc5c5ccc6ccccc6c54)cc3)c3cccc4c3c3ccccc3n4-c3ccccc3)c2)cc1. The number of benzene rings is 9. The van der Waals surface area contributed by atoms with Crippen LogP contribution in [0.1, 0.15) is 0 Å². The van der Waals surface area contributed by atoms with E-state index in [2.05, 4.69) is 226 Å². The van der Waals surface area contributed by atoms with E-state index >= 15 is 0 Å². The molecule has 0 N–H and O–H groups in total. The Bertz CT molecular complexity index is 3190. The van der Waals surface area contributed by atoms with E-state index in [1.165, 1.54) is 65.5 Å². The highest BCUT2D eigenvalue weighted by Crippen LogP contribution is 2.45. The number of para-hydroxylation sites is 3. The summed E-state index contributed by atoms with van der Waals surface area (Å²) >= 11 is 0. The lowest BCUT2D eigenvalue weighted by Crippen LogP contribution is -2.11. The van der Waals surface area contributed by atoms with Crippen molar-refractivity contribution < 1.29 is 0 Å². The third-order valence-electron chi connectivity index (χ3n) is 11.1. The van der Waals surface area contributed by atoms with Crippen LogP contribution in [0.5, 0.6) is 0 Å². The molecule has 3 nitrogen and oxygen atoms in total. The monoisotopic (exact) mass is 701 g/mol. The highest BCUT2D eigenvalue weighted by Gasteiger charge is 2.22. The van der Waals surface area contributed by atoms with Gasteiger partial charge in [-0.25, -0.2) is 0 Å². The van der Waals surface area contributed by atoms with Crippen LogP contribution in [0, 0.1) is 0 Å². The second-order valence-electron chi connectivity index (χ2n) is 14.2. The van der Waals surface area contributed by atoms with Crippen LogP contribution in [-0.2, 0) is 0 Å². The molecule has 0 spiro atoms. The highest BCUT2D eigenvalue weighted by molar-refractivity contribution is 6.19. The largest absolute Gasteiger partial charge is 0.310 e. The van der Waals surface area contributed by atoms with Crippen LogP contribution >= 0.6 is 0 Å². The van der Waals surface area contributed by atoms with Crippen LogP contribution in [0.15, 0.2) is 212 Å². The fraction of sp³-hybridized carbons (Fsp3) is 0. The highest BCUT2D eigenvalue weighted by atomic mass is 15.1. The molecule has 0 saturated heterocycles. The van der Waals surface area contributed by atoms with Gasteiger partial charge in [-0.2, -0.15) is 0 Å². The molecule has 0 atom stereocenters. The Kier molecular flexibility index (Phi) is 7.17. The fourth-order valence-electron chi connectivity index (χ4n) is 8.67. The second-order valence-corrected chi connectivity index (χ2v) is 14.2. The Morgan fingerprint density at radius 1 is 0.327 bits per heavy atom. The van der Waals surface area contributed by atoms with Gasteiger partial charge in [0.05, 0.1) is 27.8 Å². The van der Waals surface area contributed by atoms with Crippen LogP contribution < -0.4 is 4.90 Å². The first-order valence-electron chi connectivity index (χ1n) is 18.9. The van der Waals surface area contributed by atoms with Crippen LogP contribution in [0.25, 0.3) is 76.9 Å². The molecule has 0 unspecified atom stereocenters. The first-order chi connectivity index (χ1) is 27.3. The van der Waals surface area contributed by atoms with Crippen LogP contribution in [-0.4, -0.2) is 9.13 Å². The molecule has 3 heteroatoms. The molecule has 2 aromatic heterocycles. The van der Waals surface area contributed by atoms with Crippen molar-refractivity contribution >= 4 is 71.4 Å². The summed E-state index contributed by atoms with van der Waals surface area (Å²) in [6.07, 6.45) is 0. The number of rotatable bonds is 6. The zero-order chi connectivity index (χ0) is 36.3. The van der Waals surface area contributed by atoms with Gasteiger partial charge in [0.15, 0.2) is 0 Å². The maximum atomic E-state index is 2.44. The second kappa shape index (κ2) is 12.6. The van der Waals surface area contributed by atoms with E-state index in [1.807, 2.05) is 0 Å². The predicted molar refractivity (Wildman–Crippen MR) is 233 cm³/mol. The van der Waals surface area contributed by atoms with Crippen molar-refractivity contribution in [1.29, 1.82) is 0 Å². The molecular weight excluding hydrogens is 667 g/mol. The van der Waals surface area contributed by atoms with E-state index in [1.54, 1.807) is 0 Å². The van der Waals surface area contributed by atoms with Crippen molar-refractivity contribution in [2.75, 3.05) is 4.90 Å². The maximum absolute atomic E-state index is 2.44. The lowest BCUT2D eigenvalue weighted by molar-refractivity contribution is 1.18. The summed E-state index contributed by atoms with van der Waals surface area (Å²) in [6.45, 7) is 0. The minimum absolute atomic E-state index is 1.09. The van der Waals surface area contributed by atoms with Crippen molar-refractivity contribution in [3.05, 3.63) is 212 Å². The average molecular weight is 702 g/mol. The molecule has 0 saturated carbocycles. The van der Waals surface area contributed by atoms with Crippen molar-refractivity contribution in [3.63, 3.8) is 0 Å². The Labute approximate surface area is 319 Å². The summed E-state index contributed by atoms with van der Waals surface area (Å²) in [5, 5.41) is 7.44. The van der Waals surface area contributed by atoms with Crippen LogP contribution in [0.4, 0.5) is 17.1 Å². The molecule has 0 fully saturated rings. The molecule has 0 amide bonds. The Hall–Kier alpha value is -7.36. The van der Waals surface area contributed by atoms with Gasteiger partial charge in [-0.15, -0.1) is 0 Å². The van der Waals surface area contributed by atoms with Crippen molar-refractivity contribution in [1.82, 2.24) is 9.13 Å². The zero-order valence-corrected chi connectivity index (χ0v) is 30.0. The summed E-state index contributed by atoms with van der Waals surface area (Å²) in [5.41, 5.74) is 12.7. The quantitative estimate of drug-likeness (QED) is 0.168. The lowest BCUT2D eigenvalue weighted by Gasteiger charge is -2.27. The number of hydrogen-bond acceptors (Lipinski definition) is 1. The molecule has 258 valence electrons. The van der Waals surface area contributed by atoms with Gasteiger partial charge in [-0.3, -0.25) is 0 Å². The molecule has 0 aliphatic carbocycles. The number of nitrogens with zero attached hydrogens (tertiary/aromatic N) is 3. The average Bonchev–Trinajstić information content (AvgIpc) is 3.79. The molecule has 9 aromatic carbocycles. The molecule has 11 rings (SSSR count). The number of anilines is 3. The van der Waals surface area contributed by atoms with Crippen molar-refractivity contribution in [3.8, 4) is 22.5 Å². The van der Waals surface area contributed by atoms with E-state index in [9.17, 15) is 0 Å². The van der Waals surface area contributed by atoms with Gasteiger partial charge >= 0.3 is 0 Å². The van der Waals surface area contributed by atoms with Crippen molar-refractivity contribution in [2.45, 2.75) is 0 Å². The molecular formula is C52H35N3. The summed E-state index contributed by atoms with van der Waals surface area (Å²) < 4.78 is 4.83. The number of aromatic nitrogens is 2. The van der Waals surface area contributed by atoms with Gasteiger partial charge < -0.3 is 14.0 Å². The fourth-order valence-corrected chi connectivity index (χ4v) is 8.67. The molecule has 55 heavy (non-hydrogen) atoms. The first-order valence-corrected chi connectivity index (χ1v) is 18.9. The topological polar surface area (TPSA) is 13.1 Å². The van der Waals surface area contributed by atoms with Gasteiger partial charge in [0.25, 0.3) is 0 Å². The van der Waals surface area contributed by atoms with Gasteiger partial charge in [0.1, 0.15) is 0 Å². The smallest absolute Gasteiger partial charge is 0.0619 e. The molecule has 0 aliphatic heterocycles. The van der Waals surface area contributed by atoms with E-state index in [-0.39, 0.29) is 0 Å². The van der Waals surface area contributed by atoms with Gasteiger partial charge in [-0.05, 0) is 89.3 Å². The van der Waals surface area contributed by atoms with E-state index in [4.69, 9.17) is 0 Å². The normalized spacial score (nSPS) is 11.6. The van der Waals surface area contributed by atoms with Crippen LogP contribution in [0.2, 0.25) is 0 Å². The minimum Gasteiger partial charge on any atom is -0.310 e. The first kappa shape index (κ1) is 31.2. The Morgan fingerprint density at radius 2 is 0.927 bits per heavy atom. The molecule has 0 radical (unpaired) electrons. The van der Waals surface area contributed by atoms with Crippen molar-refractivity contribution in [2.24, 2.45) is 0 Å². The van der Waals surface area contributed by atoms with E-state index in [0.29, 0.717) is 0 Å². The summed E-state index contributed by atoms with van der Waals surface area (Å²) in [5.74, 6) is 0. The minimum atomic E-state index is 1.09. The Morgan fingerprint density at radius 3 is 1.73 bits per heavy atom. The lowest BCUT2D eigenvalue weighted by atomic mass is 10.0. The number of fused-ring (bicyclic) bond motifs is 8. The van der Waals surface area contributed by atoms with Gasteiger partial charge in [0.2, 0.25) is 0 Å². The predicted octanol–water partition coefficient (Wildman–Crippen LogP) is 14.2. The Balaban J connectivity index is 1.16.